The Bertz CT molecular complexity index is 584. The third kappa shape index (κ3) is 2.24. The zero-order chi connectivity index (χ0) is 12.4. The second-order valence-electron chi connectivity index (χ2n) is 4.27. The topological polar surface area (TPSA) is 50.4 Å². The molecule has 0 aliphatic heterocycles. The van der Waals surface area contributed by atoms with Crippen LogP contribution in [0.4, 0.5) is 0 Å². The number of benzene rings is 1. The molecule has 0 amide bonds. The first kappa shape index (κ1) is 11.9. The highest BCUT2D eigenvalue weighted by Crippen LogP contribution is 2.20. The molecular formula is C14H16O3. The molecule has 1 heterocycles. The smallest absolute Gasteiger partial charge is 0.192 e. The second kappa shape index (κ2) is 4.72. The minimum atomic E-state index is -0.0184. The summed E-state index contributed by atoms with van der Waals surface area (Å²) in [5.74, 6) is 0.732. The van der Waals surface area contributed by atoms with E-state index in [9.17, 15) is 4.79 Å². The highest BCUT2D eigenvalue weighted by molar-refractivity contribution is 5.77. The normalized spacial score (nSPS) is 12.9. The van der Waals surface area contributed by atoms with E-state index >= 15 is 0 Å². The molecule has 1 N–H and O–H groups in total. The summed E-state index contributed by atoms with van der Waals surface area (Å²) in [6.45, 7) is 3.94. The third-order valence-electron chi connectivity index (χ3n) is 2.99. The van der Waals surface area contributed by atoms with Gasteiger partial charge in [0.15, 0.2) is 5.43 Å². The Kier molecular flexibility index (Phi) is 3.29. The first-order valence-corrected chi connectivity index (χ1v) is 5.83. The molecule has 0 fully saturated rings. The summed E-state index contributed by atoms with van der Waals surface area (Å²) in [6.07, 6.45) is 0.708. The Labute approximate surface area is 99.7 Å². The van der Waals surface area contributed by atoms with E-state index in [0.29, 0.717) is 23.2 Å². The number of aliphatic hydroxyl groups excluding tert-OH is 1. The number of rotatable bonds is 3. The molecule has 1 aromatic heterocycles. The van der Waals surface area contributed by atoms with E-state index in [2.05, 4.69) is 0 Å². The highest BCUT2D eigenvalue weighted by Gasteiger charge is 2.08. The molecule has 2 aromatic rings. The molecule has 0 bridgehead atoms. The molecule has 2 rings (SSSR count). The van der Waals surface area contributed by atoms with Gasteiger partial charge in [-0.05, 0) is 17.7 Å². The summed E-state index contributed by atoms with van der Waals surface area (Å²) in [7, 11) is 0. The van der Waals surface area contributed by atoms with Crippen molar-refractivity contribution in [1.82, 2.24) is 0 Å². The molecule has 1 aromatic carbocycles. The molecule has 0 saturated carbocycles. The van der Waals surface area contributed by atoms with Gasteiger partial charge in [0.1, 0.15) is 11.3 Å². The van der Waals surface area contributed by atoms with Crippen molar-refractivity contribution in [3.63, 3.8) is 0 Å². The average Bonchev–Trinajstić information content (AvgIpc) is 2.37. The molecule has 1 unspecified atom stereocenters. The van der Waals surface area contributed by atoms with Crippen molar-refractivity contribution < 1.29 is 9.52 Å². The molecule has 0 saturated heterocycles. The van der Waals surface area contributed by atoms with Gasteiger partial charge in [-0.15, -0.1) is 0 Å². The molecule has 0 spiro atoms. The zero-order valence-electron chi connectivity index (χ0n) is 10.1. The lowest BCUT2D eigenvalue weighted by atomic mass is 10.0. The molecule has 3 heteroatoms. The van der Waals surface area contributed by atoms with Gasteiger partial charge in [-0.1, -0.05) is 19.9 Å². The lowest BCUT2D eigenvalue weighted by Crippen LogP contribution is -2.04. The lowest BCUT2D eigenvalue weighted by Gasteiger charge is -2.09. The van der Waals surface area contributed by atoms with Crippen LogP contribution in [0.15, 0.2) is 33.5 Å². The summed E-state index contributed by atoms with van der Waals surface area (Å²) in [6, 6.07) is 7.04. The van der Waals surface area contributed by atoms with Crippen LogP contribution in [-0.4, -0.2) is 11.7 Å². The van der Waals surface area contributed by atoms with Crippen molar-refractivity contribution >= 4 is 11.0 Å². The standard InChI is InChI=1S/C14H16O3/c1-3-11-7-13(16)12-6-10(9(2)8-15)4-5-14(12)17-11/h4-7,9,15H,3,8H2,1-2H3. The van der Waals surface area contributed by atoms with Crippen LogP contribution in [0, 0.1) is 0 Å². The predicted molar refractivity (Wildman–Crippen MR) is 67.4 cm³/mol. The minimum Gasteiger partial charge on any atom is -0.461 e. The van der Waals surface area contributed by atoms with Gasteiger partial charge in [-0.3, -0.25) is 4.79 Å². The summed E-state index contributed by atoms with van der Waals surface area (Å²) in [5, 5.41) is 9.69. The van der Waals surface area contributed by atoms with Crippen LogP contribution in [0.2, 0.25) is 0 Å². The lowest BCUT2D eigenvalue weighted by molar-refractivity contribution is 0.273. The fourth-order valence-electron chi connectivity index (χ4n) is 1.81. The Balaban J connectivity index is 2.62. The van der Waals surface area contributed by atoms with E-state index in [4.69, 9.17) is 9.52 Å². The van der Waals surface area contributed by atoms with Gasteiger partial charge in [-0.2, -0.15) is 0 Å². The maximum atomic E-state index is 11.9. The number of fused-ring (bicyclic) bond motifs is 1. The van der Waals surface area contributed by atoms with Gasteiger partial charge in [-0.25, -0.2) is 0 Å². The number of hydrogen-bond donors (Lipinski definition) is 1. The number of aliphatic hydroxyl groups is 1. The Hall–Kier alpha value is -1.61. The highest BCUT2D eigenvalue weighted by atomic mass is 16.3. The van der Waals surface area contributed by atoms with E-state index in [1.165, 1.54) is 6.07 Å². The summed E-state index contributed by atoms with van der Waals surface area (Å²) in [4.78, 5) is 11.9. The van der Waals surface area contributed by atoms with Gasteiger partial charge in [0.2, 0.25) is 0 Å². The average molecular weight is 232 g/mol. The van der Waals surface area contributed by atoms with E-state index in [0.717, 1.165) is 5.56 Å². The van der Waals surface area contributed by atoms with Gasteiger partial charge in [0.25, 0.3) is 0 Å². The van der Waals surface area contributed by atoms with Crippen molar-refractivity contribution in [2.75, 3.05) is 6.61 Å². The maximum absolute atomic E-state index is 11.9. The van der Waals surface area contributed by atoms with Crippen molar-refractivity contribution in [1.29, 1.82) is 0 Å². The van der Waals surface area contributed by atoms with Crippen LogP contribution in [0.5, 0.6) is 0 Å². The molecule has 3 nitrogen and oxygen atoms in total. The first-order valence-electron chi connectivity index (χ1n) is 5.83. The van der Waals surface area contributed by atoms with Crippen LogP contribution in [0.3, 0.4) is 0 Å². The Morgan fingerprint density at radius 2 is 2.12 bits per heavy atom. The molecule has 1 atom stereocenters. The molecular weight excluding hydrogens is 216 g/mol. The van der Waals surface area contributed by atoms with Crippen molar-refractivity contribution in [2.45, 2.75) is 26.2 Å². The van der Waals surface area contributed by atoms with Crippen LogP contribution in [-0.2, 0) is 6.42 Å². The predicted octanol–water partition coefficient (Wildman–Crippen LogP) is 2.45. The molecule has 0 aliphatic carbocycles. The summed E-state index contributed by atoms with van der Waals surface area (Å²) < 4.78 is 5.60. The number of aryl methyl sites for hydroxylation is 1. The van der Waals surface area contributed by atoms with E-state index in [1.54, 1.807) is 6.07 Å². The number of hydrogen-bond acceptors (Lipinski definition) is 3. The van der Waals surface area contributed by atoms with Crippen molar-refractivity contribution in [2.24, 2.45) is 0 Å². The van der Waals surface area contributed by atoms with Crippen LogP contribution < -0.4 is 5.43 Å². The minimum absolute atomic E-state index is 0.0184. The van der Waals surface area contributed by atoms with Crippen LogP contribution >= 0.6 is 0 Å². The Morgan fingerprint density at radius 1 is 1.35 bits per heavy atom. The molecule has 0 radical (unpaired) electrons. The molecule has 17 heavy (non-hydrogen) atoms. The zero-order valence-corrected chi connectivity index (χ0v) is 10.1. The van der Waals surface area contributed by atoms with Crippen LogP contribution in [0.25, 0.3) is 11.0 Å². The third-order valence-corrected chi connectivity index (χ3v) is 2.99. The van der Waals surface area contributed by atoms with Gasteiger partial charge >= 0.3 is 0 Å². The quantitative estimate of drug-likeness (QED) is 0.884. The van der Waals surface area contributed by atoms with E-state index in [-0.39, 0.29) is 18.0 Å². The van der Waals surface area contributed by atoms with Crippen molar-refractivity contribution in [3.8, 4) is 0 Å². The summed E-state index contributed by atoms with van der Waals surface area (Å²) >= 11 is 0. The Morgan fingerprint density at radius 3 is 2.76 bits per heavy atom. The molecule has 90 valence electrons. The monoisotopic (exact) mass is 232 g/mol. The molecule has 0 aliphatic rings. The van der Waals surface area contributed by atoms with Gasteiger partial charge in [0.05, 0.1) is 5.39 Å². The van der Waals surface area contributed by atoms with Crippen molar-refractivity contribution in [3.05, 3.63) is 45.8 Å². The van der Waals surface area contributed by atoms with Crippen LogP contribution in [0.1, 0.15) is 31.1 Å². The summed E-state index contributed by atoms with van der Waals surface area (Å²) in [5.41, 5.74) is 1.55. The second-order valence-corrected chi connectivity index (χ2v) is 4.27. The fraction of sp³-hybridized carbons (Fsp3) is 0.357. The van der Waals surface area contributed by atoms with E-state index < -0.39 is 0 Å². The first-order chi connectivity index (χ1) is 8.15. The maximum Gasteiger partial charge on any atom is 0.192 e. The largest absolute Gasteiger partial charge is 0.461 e. The SMILES string of the molecule is CCc1cc(=O)c2cc(C(C)CO)ccc2o1. The van der Waals surface area contributed by atoms with Gasteiger partial charge in [0, 0.05) is 25.0 Å². The van der Waals surface area contributed by atoms with Gasteiger partial charge < -0.3 is 9.52 Å². The van der Waals surface area contributed by atoms with E-state index in [1.807, 2.05) is 26.0 Å². The fourth-order valence-corrected chi connectivity index (χ4v) is 1.81.